The number of phenolic OH excluding ortho intramolecular Hbond substituents is 1. The Kier molecular flexibility index (Phi) is 7.79. The summed E-state index contributed by atoms with van der Waals surface area (Å²) in [6.07, 6.45) is 3.14. The number of piperidine rings is 1. The van der Waals surface area contributed by atoms with E-state index in [-0.39, 0.29) is 42.6 Å². The molecule has 3 aliphatic rings. The van der Waals surface area contributed by atoms with Crippen molar-refractivity contribution in [3.63, 3.8) is 0 Å². The molecular formula is C32H42N4O4. The zero-order valence-corrected chi connectivity index (χ0v) is 23.7. The second-order valence-corrected chi connectivity index (χ2v) is 12.0. The molecule has 0 saturated carbocycles. The van der Waals surface area contributed by atoms with Crippen LogP contribution in [0.5, 0.6) is 5.75 Å². The summed E-state index contributed by atoms with van der Waals surface area (Å²) in [5.41, 5.74) is 9.03. The van der Waals surface area contributed by atoms with E-state index in [0.29, 0.717) is 25.7 Å². The van der Waals surface area contributed by atoms with Crippen LogP contribution in [-0.4, -0.2) is 64.7 Å². The molecule has 1 aliphatic carbocycles. The van der Waals surface area contributed by atoms with Crippen LogP contribution in [0.1, 0.15) is 55.7 Å². The molecule has 2 aromatic rings. The minimum atomic E-state index is -1.16. The van der Waals surface area contributed by atoms with Crippen molar-refractivity contribution in [2.24, 2.45) is 11.7 Å². The number of aliphatic hydroxyl groups is 1. The molecule has 8 heteroatoms. The summed E-state index contributed by atoms with van der Waals surface area (Å²) >= 11 is 0. The largest absolute Gasteiger partial charge is 0.508 e. The lowest BCUT2D eigenvalue weighted by atomic mass is 9.56. The first-order valence-corrected chi connectivity index (χ1v) is 14.4. The Hall–Kier alpha value is -3.20. The molecule has 8 nitrogen and oxygen atoms in total. The second kappa shape index (κ2) is 11.0. The molecule has 5 rings (SSSR count). The number of aromatic hydroxyl groups is 1. The number of phenols is 1. The average molecular weight is 547 g/mol. The van der Waals surface area contributed by atoms with Gasteiger partial charge < -0.3 is 31.5 Å². The number of aryl methyl sites for hydroxylation is 1. The van der Waals surface area contributed by atoms with Gasteiger partial charge in [0.25, 0.3) is 0 Å². The number of nitrogens with one attached hydrogen (secondary N) is 2. The van der Waals surface area contributed by atoms with E-state index in [1.807, 2.05) is 50.4 Å². The van der Waals surface area contributed by atoms with Gasteiger partial charge in [0, 0.05) is 36.2 Å². The third-order valence-corrected chi connectivity index (χ3v) is 9.83. The monoisotopic (exact) mass is 546 g/mol. The van der Waals surface area contributed by atoms with Crippen LogP contribution in [0, 0.1) is 12.8 Å². The molecule has 0 radical (unpaired) electrons. The van der Waals surface area contributed by atoms with Gasteiger partial charge in [-0.15, -0.1) is 0 Å². The Labute approximate surface area is 236 Å². The highest BCUT2D eigenvalue weighted by Gasteiger charge is 2.59. The van der Waals surface area contributed by atoms with Gasteiger partial charge in [-0.3, -0.25) is 9.59 Å². The predicted octanol–water partition coefficient (Wildman–Crippen LogP) is 2.65. The molecule has 40 heavy (non-hydrogen) atoms. The Morgan fingerprint density at radius 2 is 1.98 bits per heavy atom. The third-order valence-electron chi connectivity index (χ3n) is 9.83. The summed E-state index contributed by atoms with van der Waals surface area (Å²) in [6, 6.07) is 14.8. The number of allylic oxidation sites excluding steroid dienone is 1. The van der Waals surface area contributed by atoms with Gasteiger partial charge in [0.1, 0.15) is 11.7 Å². The molecule has 1 saturated heterocycles. The molecule has 2 aliphatic heterocycles. The number of fused-ring (bicyclic) bond motifs is 1. The van der Waals surface area contributed by atoms with Crippen LogP contribution in [0.2, 0.25) is 0 Å². The zero-order chi connectivity index (χ0) is 28.7. The highest BCUT2D eigenvalue weighted by Crippen LogP contribution is 2.55. The summed E-state index contributed by atoms with van der Waals surface area (Å²) in [6.45, 7) is 5.15. The first kappa shape index (κ1) is 28.3. The lowest BCUT2D eigenvalue weighted by Crippen LogP contribution is -2.67. The second-order valence-electron chi connectivity index (χ2n) is 12.0. The fourth-order valence-electron chi connectivity index (χ4n) is 7.30. The van der Waals surface area contributed by atoms with Crippen LogP contribution in [0.15, 0.2) is 59.8 Å². The summed E-state index contributed by atoms with van der Waals surface area (Å²) in [5.74, 6) is -1.36. The lowest BCUT2D eigenvalue weighted by molar-refractivity contribution is -0.136. The van der Waals surface area contributed by atoms with Crippen molar-refractivity contribution < 1.29 is 19.8 Å². The number of likely N-dealkylation sites (N-methyl/N-ethyl adjacent to an activating group) is 1. The SMILES string of the molecule is Cc1ccc(O)cc1C12CCC3=C(CC(C(=O)NC(CN)Cc4ccccc4)C(=O)N3)CC1(O)C(C)N(C)CC2. The molecule has 1 fully saturated rings. The van der Waals surface area contributed by atoms with Crippen LogP contribution < -0.4 is 16.4 Å². The number of hydrogen-bond acceptors (Lipinski definition) is 6. The van der Waals surface area contributed by atoms with Crippen molar-refractivity contribution in [1.29, 1.82) is 0 Å². The van der Waals surface area contributed by atoms with E-state index in [2.05, 4.69) is 22.5 Å². The maximum Gasteiger partial charge on any atom is 0.237 e. The molecule has 2 amide bonds. The number of hydrogen-bond donors (Lipinski definition) is 5. The Balaban J connectivity index is 1.43. The van der Waals surface area contributed by atoms with Gasteiger partial charge in [0.2, 0.25) is 11.8 Å². The molecular weight excluding hydrogens is 504 g/mol. The predicted molar refractivity (Wildman–Crippen MR) is 154 cm³/mol. The van der Waals surface area contributed by atoms with Crippen molar-refractivity contribution in [1.82, 2.24) is 15.5 Å². The molecule has 5 atom stereocenters. The van der Waals surface area contributed by atoms with E-state index < -0.39 is 16.9 Å². The highest BCUT2D eigenvalue weighted by atomic mass is 16.3. The van der Waals surface area contributed by atoms with Gasteiger partial charge in [-0.05, 0) is 93.9 Å². The molecule has 0 bridgehead atoms. The van der Waals surface area contributed by atoms with Crippen molar-refractivity contribution in [2.45, 2.75) is 75.5 Å². The van der Waals surface area contributed by atoms with E-state index in [1.165, 1.54) is 0 Å². The van der Waals surface area contributed by atoms with Gasteiger partial charge in [-0.25, -0.2) is 0 Å². The normalized spacial score (nSPS) is 29.6. The molecule has 6 N–H and O–H groups in total. The lowest BCUT2D eigenvalue weighted by Gasteiger charge is -2.57. The van der Waals surface area contributed by atoms with E-state index in [0.717, 1.165) is 40.9 Å². The summed E-state index contributed by atoms with van der Waals surface area (Å²) in [4.78, 5) is 28.9. The Bertz CT molecular complexity index is 1310. The fraction of sp³-hybridized carbons (Fsp3) is 0.500. The Morgan fingerprint density at radius 3 is 2.70 bits per heavy atom. The van der Waals surface area contributed by atoms with Gasteiger partial charge in [0.05, 0.1) is 5.60 Å². The zero-order valence-electron chi connectivity index (χ0n) is 23.7. The summed E-state index contributed by atoms with van der Waals surface area (Å²) in [7, 11) is 2.03. The molecule has 0 aromatic heterocycles. The van der Waals surface area contributed by atoms with E-state index in [9.17, 15) is 19.8 Å². The Morgan fingerprint density at radius 1 is 1.23 bits per heavy atom. The van der Waals surface area contributed by atoms with Crippen molar-refractivity contribution in [2.75, 3.05) is 20.1 Å². The van der Waals surface area contributed by atoms with Gasteiger partial charge in [-0.2, -0.15) is 0 Å². The first-order chi connectivity index (χ1) is 19.1. The number of amides is 2. The summed E-state index contributed by atoms with van der Waals surface area (Å²) < 4.78 is 0. The number of benzene rings is 2. The average Bonchev–Trinajstić information content (AvgIpc) is 3.07. The number of nitrogens with two attached hydrogens (primary N) is 1. The van der Waals surface area contributed by atoms with Gasteiger partial charge >= 0.3 is 0 Å². The molecule has 214 valence electrons. The first-order valence-electron chi connectivity index (χ1n) is 14.4. The maximum absolute atomic E-state index is 13.4. The fourth-order valence-corrected chi connectivity index (χ4v) is 7.30. The van der Waals surface area contributed by atoms with Crippen molar-refractivity contribution in [3.05, 3.63) is 76.5 Å². The third kappa shape index (κ3) is 4.93. The van der Waals surface area contributed by atoms with Crippen molar-refractivity contribution >= 4 is 11.8 Å². The molecule has 5 unspecified atom stereocenters. The van der Waals surface area contributed by atoms with Gasteiger partial charge in [-0.1, -0.05) is 36.4 Å². The molecule has 0 spiro atoms. The van der Waals surface area contributed by atoms with E-state index in [1.54, 1.807) is 12.1 Å². The standard InChI is InChI=1S/C32H42N4O4/c1-20-9-10-25(37)17-27(20)31-12-11-28-23(18-32(31,40)21(2)36(3)14-13-31)16-26(30(39)35-28)29(38)34-24(19-33)15-22-7-5-4-6-8-22/h4-10,17,21,24,26,37,40H,11-16,18-19,33H2,1-3H3,(H,34,38)(H,35,39). The van der Waals surface area contributed by atoms with E-state index in [4.69, 9.17) is 5.73 Å². The number of nitrogens with zero attached hydrogens (tertiary/aromatic N) is 1. The quantitative estimate of drug-likeness (QED) is 0.355. The smallest absolute Gasteiger partial charge is 0.237 e. The van der Waals surface area contributed by atoms with Crippen molar-refractivity contribution in [3.8, 4) is 5.75 Å². The topological polar surface area (TPSA) is 128 Å². The van der Waals surface area contributed by atoms with Crippen LogP contribution in [0.3, 0.4) is 0 Å². The summed E-state index contributed by atoms with van der Waals surface area (Å²) in [5, 5.41) is 29.2. The molecule has 2 heterocycles. The number of rotatable bonds is 6. The van der Waals surface area contributed by atoms with Crippen LogP contribution in [0.25, 0.3) is 0 Å². The minimum absolute atomic E-state index is 0.174. The van der Waals surface area contributed by atoms with Gasteiger partial charge in [0.15, 0.2) is 0 Å². The van der Waals surface area contributed by atoms with Crippen LogP contribution in [-0.2, 0) is 21.4 Å². The minimum Gasteiger partial charge on any atom is -0.508 e. The van der Waals surface area contributed by atoms with Crippen LogP contribution in [0.4, 0.5) is 0 Å². The number of likely N-dealkylation sites (tertiary alicyclic amines) is 1. The van der Waals surface area contributed by atoms with Crippen LogP contribution >= 0.6 is 0 Å². The number of carbonyl (C=O) groups excluding carboxylic acids is 2. The highest BCUT2D eigenvalue weighted by molar-refractivity contribution is 6.02. The van der Waals surface area contributed by atoms with E-state index >= 15 is 0 Å². The maximum atomic E-state index is 13.4. The number of carbonyl (C=O) groups is 2. The molecule has 2 aromatic carbocycles.